The highest BCUT2D eigenvalue weighted by Gasteiger charge is 2.22. The highest BCUT2D eigenvalue weighted by molar-refractivity contribution is 7.92. The van der Waals surface area contributed by atoms with Gasteiger partial charge in [0.1, 0.15) is 0 Å². The van der Waals surface area contributed by atoms with Crippen molar-refractivity contribution >= 4 is 32.5 Å². The molecule has 0 saturated heterocycles. The van der Waals surface area contributed by atoms with Crippen LogP contribution in [0.15, 0.2) is 88.3 Å². The largest absolute Gasteiger partial charge is 0.380 e. The molecule has 0 aliphatic heterocycles. The normalized spacial score (nSPS) is 11.5. The van der Waals surface area contributed by atoms with E-state index in [9.17, 15) is 8.42 Å². The van der Waals surface area contributed by atoms with Crippen molar-refractivity contribution in [2.24, 2.45) is 0 Å². The Hall–Kier alpha value is -4.17. The molecule has 0 fully saturated rings. The molecule has 36 heavy (non-hydrogen) atoms. The van der Waals surface area contributed by atoms with Crippen LogP contribution in [0.1, 0.15) is 22.5 Å². The second-order valence-corrected chi connectivity index (χ2v) is 10.4. The van der Waals surface area contributed by atoms with E-state index in [1.807, 2.05) is 61.5 Å². The zero-order chi connectivity index (χ0) is 25.3. The van der Waals surface area contributed by atoms with Gasteiger partial charge < -0.3 is 9.84 Å². The second kappa shape index (κ2) is 9.47. The molecule has 2 aromatic heterocycles. The molecule has 8 heteroatoms. The zero-order valence-electron chi connectivity index (χ0n) is 20.2. The minimum Gasteiger partial charge on any atom is -0.380 e. The van der Waals surface area contributed by atoms with Gasteiger partial charge in [-0.2, -0.15) is 0 Å². The summed E-state index contributed by atoms with van der Waals surface area (Å²) in [7, 11) is -3.88. The molecule has 7 nitrogen and oxygen atoms in total. The van der Waals surface area contributed by atoms with Gasteiger partial charge in [-0.05, 0) is 50.1 Å². The van der Waals surface area contributed by atoms with E-state index in [0.717, 1.165) is 33.4 Å². The first-order valence-corrected chi connectivity index (χ1v) is 13.0. The number of aromatic nitrogens is 2. The topological polar surface area (TPSA) is 97.1 Å². The van der Waals surface area contributed by atoms with Gasteiger partial charge in [0.05, 0.1) is 16.1 Å². The number of para-hydroxylation sites is 1. The Labute approximate surface area is 210 Å². The maximum absolute atomic E-state index is 13.2. The summed E-state index contributed by atoms with van der Waals surface area (Å²) >= 11 is 0. The van der Waals surface area contributed by atoms with Crippen LogP contribution >= 0.6 is 0 Å². The van der Waals surface area contributed by atoms with E-state index in [-0.39, 0.29) is 10.8 Å². The standard InChI is InChI=1S/C28H26N4O3S/c1-18-16-26(24-9-4-6-10-25(24)30-18)29-17-21-12-14-22(15-13-21)23-8-5-7-11-27(23)36(33,34)32-28-19(2)20(3)31-35-28/h4-16,32H,17H2,1-3H3,(H,29,30). The van der Waals surface area contributed by atoms with Gasteiger partial charge >= 0.3 is 0 Å². The van der Waals surface area contributed by atoms with Crippen molar-refractivity contribution in [1.82, 2.24) is 10.1 Å². The third kappa shape index (κ3) is 4.67. The Balaban J connectivity index is 1.38. The molecule has 2 N–H and O–H groups in total. The highest BCUT2D eigenvalue weighted by Crippen LogP contribution is 2.30. The first-order valence-electron chi connectivity index (χ1n) is 11.6. The minimum absolute atomic E-state index is 0.127. The molecule has 0 bridgehead atoms. The third-order valence-corrected chi connectivity index (χ3v) is 7.54. The molecule has 0 radical (unpaired) electrons. The number of fused-ring (bicyclic) bond motifs is 1. The zero-order valence-corrected chi connectivity index (χ0v) is 21.1. The third-order valence-electron chi connectivity index (χ3n) is 6.15. The summed E-state index contributed by atoms with van der Waals surface area (Å²) in [5.74, 6) is 0.127. The van der Waals surface area contributed by atoms with Crippen molar-refractivity contribution in [3.63, 3.8) is 0 Å². The van der Waals surface area contributed by atoms with Crippen molar-refractivity contribution in [3.8, 4) is 11.1 Å². The van der Waals surface area contributed by atoms with Gasteiger partial charge in [0.2, 0.25) is 5.88 Å². The number of nitrogens with zero attached hydrogens (tertiary/aromatic N) is 2. The Morgan fingerprint density at radius 3 is 2.36 bits per heavy atom. The van der Waals surface area contributed by atoms with Gasteiger partial charge in [-0.15, -0.1) is 0 Å². The van der Waals surface area contributed by atoms with Crippen molar-refractivity contribution in [1.29, 1.82) is 0 Å². The van der Waals surface area contributed by atoms with Gasteiger partial charge in [0.15, 0.2) is 0 Å². The smallest absolute Gasteiger partial charge is 0.264 e. The van der Waals surface area contributed by atoms with Crippen LogP contribution in [0.4, 0.5) is 11.6 Å². The Bertz CT molecular complexity index is 1660. The summed E-state index contributed by atoms with van der Waals surface area (Å²) in [4.78, 5) is 4.76. The molecule has 3 aromatic carbocycles. The van der Waals surface area contributed by atoms with Gasteiger partial charge in [-0.25, -0.2) is 13.1 Å². The van der Waals surface area contributed by atoms with Crippen molar-refractivity contribution in [2.75, 3.05) is 10.0 Å². The van der Waals surface area contributed by atoms with Gasteiger partial charge in [-0.1, -0.05) is 65.8 Å². The lowest BCUT2D eigenvalue weighted by atomic mass is 10.0. The average molecular weight is 499 g/mol. The lowest BCUT2D eigenvalue weighted by Gasteiger charge is -2.13. The van der Waals surface area contributed by atoms with E-state index >= 15 is 0 Å². The summed E-state index contributed by atoms with van der Waals surface area (Å²) in [6.07, 6.45) is 0. The predicted octanol–water partition coefficient (Wildman–Crippen LogP) is 6.23. The Morgan fingerprint density at radius 1 is 0.889 bits per heavy atom. The van der Waals surface area contributed by atoms with Crippen LogP contribution in [0.25, 0.3) is 22.0 Å². The van der Waals surface area contributed by atoms with Crippen molar-refractivity contribution in [3.05, 3.63) is 101 Å². The quantitative estimate of drug-likeness (QED) is 0.276. The van der Waals surface area contributed by atoms with Crippen LogP contribution in [-0.2, 0) is 16.6 Å². The number of benzene rings is 3. The fourth-order valence-electron chi connectivity index (χ4n) is 4.08. The monoisotopic (exact) mass is 498 g/mol. The number of rotatable bonds is 7. The second-order valence-electron chi connectivity index (χ2n) is 8.70. The number of pyridine rings is 1. The first-order chi connectivity index (χ1) is 17.3. The molecule has 182 valence electrons. The molecule has 0 atom stereocenters. The first kappa shape index (κ1) is 23.6. The molecule has 2 heterocycles. The van der Waals surface area contributed by atoms with E-state index < -0.39 is 10.0 Å². The number of hydrogen-bond donors (Lipinski definition) is 2. The van der Waals surface area contributed by atoms with Crippen molar-refractivity contribution in [2.45, 2.75) is 32.2 Å². The maximum atomic E-state index is 13.2. The van der Waals surface area contributed by atoms with Crippen LogP contribution in [0, 0.1) is 20.8 Å². The molecular weight excluding hydrogens is 472 g/mol. The van der Waals surface area contributed by atoms with E-state index in [4.69, 9.17) is 4.52 Å². The maximum Gasteiger partial charge on any atom is 0.264 e. The number of aryl methyl sites for hydroxylation is 2. The van der Waals surface area contributed by atoms with Gasteiger partial charge in [-0.3, -0.25) is 4.98 Å². The molecule has 0 aliphatic carbocycles. The summed E-state index contributed by atoms with van der Waals surface area (Å²) in [5.41, 5.74) is 6.71. The van der Waals surface area contributed by atoms with Crippen LogP contribution < -0.4 is 10.0 Å². The van der Waals surface area contributed by atoms with Gasteiger partial charge in [0.25, 0.3) is 10.0 Å². The van der Waals surface area contributed by atoms with E-state index in [0.29, 0.717) is 23.4 Å². The Morgan fingerprint density at radius 2 is 1.61 bits per heavy atom. The fraction of sp³-hybridized carbons (Fsp3) is 0.143. The summed E-state index contributed by atoms with van der Waals surface area (Å²) < 4.78 is 34.1. The van der Waals surface area contributed by atoms with Gasteiger partial charge in [0, 0.05) is 34.4 Å². The average Bonchev–Trinajstić information content (AvgIpc) is 3.19. The summed E-state index contributed by atoms with van der Waals surface area (Å²) in [6.45, 7) is 6.13. The van der Waals surface area contributed by atoms with Crippen LogP contribution in [-0.4, -0.2) is 18.6 Å². The van der Waals surface area contributed by atoms with E-state index in [1.54, 1.807) is 32.0 Å². The molecular formula is C28H26N4O3S. The molecule has 0 amide bonds. The van der Waals surface area contributed by atoms with Crippen LogP contribution in [0.2, 0.25) is 0 Å². The molecule has 0 unspecified atom stereocenters. The Kier molecular flexibility index (Phi) is 6.20. The van der Waals surface area contributed by atoms with Crippen LogP contribution in [0.5, 0.6) is 0 Å². The highest BCUT2D eigenvalue weighted by atomic mass is 32.2. The van der Waals surface area contributed by atoms with E-state index in [1.165, 1.54) is 0 Å². The lowest BCUT2D eigenvalue weighted by Crippen LogP contribution is -2.14. The van der Waals surface area contributed by atoms with E-state index in [2.05, 4.69) is 26.2 Å². The molecule has 0 spiro atoms. The summed E-state index contributed by atoms with van der Waals surface area (Å²) in [5, 5.41) is 8.42. The number of anilines is 2. The molecule has 0 aliphatic rings. The number of sulfonamides is 1. The fourth-order valence-corrected chi connectivity index (χ4v) is 5.36. The molecule has 5 aromatic rings. The van der Waals surface area contributed by atoms with Crippen LogP contribution in [0.3, 0.4) is 0 Å². The lowest BCUT2D eigenvalue weighted by molar-refractivity contribution is 0.430. The minimum atomic E-state index is -3.88. The summed E-state index contributed by atoms with van der Waals surface area (Å²) in [6, 6.07) is 24.9. The number of hydrogen-bond acceptors (Lipinski definition) is 6. The molecule has 0 saturated carbocycles. The molecule has 5 rings (SSSR count). The van der Waals surface area contributed by atoms with Crippen molar-refractivity contribution < 1.29 is 12.9 Å². The SMILES string of the molecule is Cc1cc(NCc2ccc(-c3ccccc3S(=O)(=O)Nc3onc(C)c3C)cc2)c2ccccc2n1. The number of nitrogens with one attached hydrogen (secondary N) is 2. The predicted molar refractivity (Wildman–Crippen MR) is 142 cm³/mol.